The summed E-state index contributed by atoms with van der Waals surface area (Å²) in [5.41, 5.74) is 1.21. The van der Waals surface area contributed by atoms with Gasteiger partial charge in [0.2, 0.25) is 5.91 Å². The molecule has 0 aliphatic carbocycles. The Bertz CT molecular complexity index is 1120. The van der Waals surface area contributed by atoms with Crippen molar-refractivity contribution in [2.24, 2.45) is 0 Å². The van der Waals surface area contributed by atoms with Crippen molar-refractivity contribution in [1.29, 1.82) is 0 Å². The van der Waals surface area contributed by atoms with Gasteiger partial charge in [-0.25, -0.2) is 0 Å². The summed E-state index contributed by atoms with van der Waals surface area (Å²) in [7, 11) is 0. The maximum atomic E-state index is 13.0. The predicted molar refractivity (Wildman–Crippen MR) is 96.6 cm³/mol. The van der Waals surface area contributed by atoms with Crippen molar-refractivity contribution in [2.45, 2.75) is 19.1 Å². The number of amides is 1. The zero-order chi connectivity index (χ0) is 19.9. The van der Waals surface area contributed by atoms with Crippen LogP contribution in [0.15, 0.2) is 59.7 Å². The zero-order valence-corrected chi connectivity index (χ0v) is 14.5. The average molecular weight is 385 g/mol. The molecule has 1 aromatic carbocycles. The number of carbonyl (C=O) groups is 1. The molecule has 3 aromatic rings. The van der Waals surface area contributed by atoms with Crippen LogP contribution in [-0.4, -0.2) is 15.9 Å². The number of rotatable bonds is 3. The van der Waals surface area contributed by atoms with Gasteiger partial charge >= 0.3 is 6.18 Å². The number of anilines is 1. The van der Waals surface area contributed by atoms with E-state index < -0.39 is 11.7 Å². The lowest BCUT2D eigenvalue weighted by Gasteiger charge is -2.17. The lowest BCUT2D eigenvalue weighted by atomic mass is 10.0. The Morgan fingerprint density at radius 3 is 2.64 bits per heavy atom. The van der Waals surface area contributed by atoms with E-state index in [1.165, 1.54) is 23.4 Å². The lowest BCUT2D eigenvalue weighted by molar-refractivity contribution is -0.137. The van der Waals surface area contributed by atoms with Crippen LogP contribution in [0, 0.1) is 0 Å². The van der Waals surface area contributed by atoms with E-state index in [0.29, 0.717) is 28.1 Å². The normalized spacial score (nSPS) is 13.7. The Morgan fingerprint density at radius 1 is 1.07 bits per heavy atom. The summed E-state index contributed by atoms with van der Waals surface area (Å²) < 4.78 is 39.0. The fourth-order valence-corrected chi connectivity index (χ4v) is 3.18. The van der Waals surface area contributed by atoms with Gasteiger partial charge in [0.15, 0.2) is 0 Å². The second-order valence-corrected chi connectivity index (χ2v) is 6.45. The number of nitrogens with one attached hydrogen (secondary N) is 1. The number of carbonyl (C=O) groups excluding carboxylic acids is 1. The number of aromatic nitrogens is 2. The molecule has 28 heavy (non-hydrogen) atoms. The van der Waals surface area contributed by atoms with Crippen LogP contribution in [0.4, 0.5) is 18.9 Å². The molecule has 0 fully saturated rings. The first-order valence-electron chi connectivity index (χ1n) is 8.46. The summed E-state index contributed by atoms with van der Waals surface area (Å²) in [6, 6.07) is 9.86. The molecule has 1 aliphatic rings. The Labute approximate surface area is 157 Å². The summed E-state index contributed by atoms with van der Waals surface area (Å²) >= 11 is 0. The monoisotopic (exact) mass is 385 g/mol. The van der Waals surface area contributed by atoms with Crippen LogP contribution in [0.2, 0.25) is 0 Å². The SMILES string of the molecule is O=C1Cc2ncc(-c3cccc(C(F)(F)F)c3)cc2N1Cc1ccc[nH]c1=O. The topological polar surface area (TPSA) is 66.1 Å². The van der Waals surface area contributed by atoms with E-state index in [4.69, 9.17) is 0 Å². The van der Waals surface area contributed by atoms with Crippen LogP contribution in [0.3, 0.4) is 0 Å². The fraction of sp³-hybridized carbons (Fsp3) is 0.150. The molecule has 0 saturated carbocycles. The van der Waals surface area contributed by atoms with Gasteiger partial charge in [-0.2, -0.15) is 13.2 Å². The molecule has 0 radical (unpaired) electrons. The zero-order valence-electron chi connectivity index (χ0n) is 14.5. The van der Waals surface area contributed by atoms with Crippen molar-refractivity contribution in [3.05, 3.63) is 82.0 Å². The quantitative estimate of drug-likeness (QED) is 0.750. The third kappa shape index (κ3) is 3.28. The number of benzene rings is 1. The third-order valence-corrected chi connectivity index (χ3v) is 4.61. The summed E-state index contributed by atoms with van der Waals surface area (Å²) in [6.07, 6.45) is -1.40. The van der Waals surface area contributed by atoms with Crippen molar-refractivity contribution >= 4 is 11.6 Å². The highest BCUT2D eigenvalue weighted by Gasteiger charge is 2.31. The highest BCUT2D eigenvalue weighted by molar-refractivity contribution is 6.01. The van der Waals surface area contributed by atoms with Crippen molar-refractivity contribution in [2.75, 3.05) is 4.90 Å². The summed E-state index contributed by atoms with van der Waals surface area (Å²) in [6.45, 7) is 0.0652. The molecule has 1 aliphatic heterocycles. The predicted octanol–water partition coefficient (Wildman–Crippen LogP) is 3.55. The van der Waals surface area contributed by atoms with Gasteiger partial charge in [0.25, 0.3) is 5.56 Å². The molecule has 0 bridgehead atoms. The Balaban J connectivity index is 1.72. The van der Waals surface area contributed by atoms with Crippen molar-refractivity contribution in [1.82, 2.24) is 9.97 Å². The van der Waals surface area contributed by atoms with Gasteiger partial charge in [0.05, 0.1) is 29.9 Å². The number of hydrogen-bond donors (Lipinski definition) is 1. The highest BCUT2D eigenvalue weighted by Crippen LogP contribution is 2.35. The maximum absolute atomic E-state index is 13.0. The van der Waals surface area contributed by atoms with Gasteiger partial charge in [-0.05, 0) is 29.8 Å². The number of nitrogens with zero attached hydrogens (tertiary/aromatic N) is 2. The smallest absolute Gasteiger partial charge is 0.329 e. The van der Waals surface area contributed by atoms with Crippen LogP contribution in [0.1, 0.15) is 16.8 Å². The minimum atomic E-state index is -4.45. The molecule has 0 unspecified atom stereocenters. The molecular weight excluding hydrogens is 371 g/mol. The number of halogens is 3. The second kappa shape index (κ2) is 6.63. The Morgan fingerprint density at radius 2 is 1.89 bits per heavy atom. The molecule has 0 atom stereocenters. The van der Waals surface area contributed by atoms with Crippen molar-refractivity contribution in [3.8, 4) is 11.1 Å². The largest absolute Gasteiger partial charge is 0.416 e. The number of aromatic amines is 1. The first kappa shape index (κ1) is 18.0. The number of fused-ring (bicyclic) bond motifs is 1. The van der Waals surface area contributed by atoms with Gasteiger partial charge in [-0.3, -0.25) is 14.6 Å². The van der Waals surface area contributed by atoms with E-state index in [-0.39, 0.29) is 24.4 Å². The number of H-pyrrole nitrogens is 1. The minimum absolute atomic E-state index is 0.0652. The Kier molecular flexibility index (Phi) is 4.26. The van der Waals surface area contributed by atoms with E-state index in [0.717, 1.165) is 12.1 Å². The van der Waals surface area contributed by atoms with E-state index in [1.54, 1.807) is 24.3 Å². The van der Waals surface area contributed by atoms with E-state index in [2.05, 4.69) is 9.97 Å². The molecule has 2 aromatic heterocycles. The molecule has 4 rings (SSSR count). The van der Waals surface area contributed by atoms with Gasteiger partial charge in [-0.15, -0.1) is 0 Å². The molecule has 3 heterocycles. The van der Waals surface area contributed by atoms with E-state index in [9.17, 15) is 22.8 Å². The molecule has 1 N–H and O–H groups in total. The molecule has 1 amide bonds. The fourth-order valence-electron chi connectivity index (χ4n) is 3.18. The van der Waals surface area contributed by atoms with Gasteiger partial charge in [0, 0.05) is 23.5 Å². The molecule has 5 nitrogen and oxygen atoms in total. The maximum Gasteiger partial charge on any atom is 0.416 e. The van der Waals surface area contributed by atoms with Crippen molar-refractivity contribution < 1.29 is 18.0 Å². The third-order valence-electron chi connectivity index (χ3n) is 4.61. The van der Waals surface area contributed by atoms with Gasteiger partial charge in [0.1, 0.15) is 0 Å². The number of alkyl halides is 3. The average Bonchev–Trinajstić information content (AvgIpc) is 2.97. The molecular formula is C20H14F3N3O2. The molecule has 0 spiro atoms. The minimum Gasteiger partial charge on any atom is -0.329 e. The molecule has 142 valence electrons. The highest BCUT2D eigenvalue weighted by atomic mass is 19.4. The standard InChI is InChI=1S/C20H14F3N3O2/c21-20(22,23)15-5-1-3-12(7-15)14-8-17-16(25-10-14)9-18(27)26(17)11-13-4-2-6-24-19(13)28/h1-8,10H,9,11H2,(H,24,28). The van der Waals surface area contributed by atoms with Crippen LogP contribution < -0.4 is 10.5 Å². The van der Waals surface area contributed by atoms with Gasteiger partial charge < -0.3 is 9.88 Å². The van der Waals surface area contributed by atoms with Crippen LogP contribution in [0.25, 0.3) is 11.1 Å². The lowest BCUT2D eigenvalue weighted by Crippen LogP contribution is -2.29. The molecule has 0 saturated heterocycles. The first-order chi connectivity index (χ1) is 13.3. The van der Waals surface area contributed by atoms with Crippen molar-refractivity contribution in [3.63, 3.8) is 0 Å². The molecule has 8 heteroatoms. The second-order valence-electron chi connectivity index (χ2n) is 6.45. The summed E-state index contributed by atoms with van der Waals surface area (Å²) in [4.78, 5) is 32.6. The van der Waals surface area contributed by atoms with Gasteiger partial charge in [-0.1, -0.05) is 18.2 Å². The van der Waals surface area contributed by atoms with E-state index >= 15 is 0 Å². The Hall–Kier alpha value is -3.42. The first-order valence-corrected chi connectivity index (χ1v) is 8.46. The van der Waals surface area contributed by atoms with E-state index in [1.807, 2.05) is 0 Å². The summed E-state index contributed by atoms with van der Waals surface area (Å²) in [5, 5.41) is 0. The number of pyridine rings is 2. The van der Waals surface area contributed by atoms with Crippen LogP contribution in [-0.2, 0) is 23.9 Å². The van der Waals surface area contributed by atoms with Crippen LogP contribution >= 0.6 is 0 Å². The van der Waals surface area contributed by atoms with Crippen LogP contribution in [0.5, 0.6) is 0 Å². The number of hydrogen-bond acceptors (Lipinski definition) is 3. The summed E-state index contributed by atoms with van der Waals surface area (Å²) in [5.74, 6) is -0.216.